The Balaban J connectivity index is 2.35. The molecule has 154 valence electrons. The van der Waals surface area contributed by atoms with Crippen LogP contribution in [0.1, 0.15) is 22.8 Å². The van der Waals surface area contributed by atoms with Gasteiger partial charge in [0.2, 0.25) is 11.9 Å². The highest BCUT2D eigenvalue weighted by molar-refractivity contribution is 5.93. The molecular formula is C20H21NO8. The van der Waals surface area contributed by atoms with Crippen molar-refractivity contribution >= 4 is 12.0 Å². The summed E-state index contributed by atoms with van der Waals surface area (Å²) in [5, 5.41) is 10.5. The number of nitro groups is 1. The SMILES string of the molecule is CCOc1cc(C=C[N+](=O)[O-])ccc1OC(=O)c1cc(OC)c(OC)c(OC)c1. The highest BCUT2D eigenvalue weighted by atomic mass is 16.6. The molecule has 2 aromatic rings. The summed E-state index contributed by atoms with van der Waals surface area (Å²) in [5.41, 5.74) is 0.706. The number of esters is 1. The number of carbonyl (C=O) groups excluding carboxylic acids is 1. The first kappa shape index (κ1) is 21.5. The molecule has 0 aliphatic carbocycles. The van der Waals surface area contributed by atoms with E-state index in [0.717, 1.165) is 6.20 Å². The smallest absolute Gasteiger partial charge is 0.343 e. The van der Waals surface area contributed by atoms with Crippen LogP contribution in [0.15, 0.2) is 36.5 Å². The van der Waals surface area contributed by atoms with Crippen molar-refractivity contribution in [3.05, 3.63) is 57.8 Å². The average Bonchev–Trinajstić information content (AvgIpc) is 2.72. The van der Waals surface area contributed by atoms with Crippen molar-refractivity contribution in [1.82, 2.24) is 0 Å². The summed E-state index contributed by atoms with van der Waals surface area (Å²) in [4.78, 5) is 22.6. The van der Waals surface area contributed by atoms with Crippen LogP contribution in [-0.4, -0.2) is 38.8 Å². The Morgan fingerprint density at radius 1 is 1.00 bits per heavy atom. The van der Waals surface area contributed by atoms with Crippen molar-refractivity contribution in [2.45, 2.75) is 6.92 Å². The molecular weight excluding hydrogens is 382 g/mol. The van der Waals surface area contributed by atoms with Gasteiger partial charge in [-0.15, -0.1) is 0 Å². The zero-order valence-electron chi connectivity index (χ0n) is 16.5. The summed E-state index contributed by atoms with van der Waals surface area (Å²) in [6.45, 7) is 2.08. The lowest BCUT2D eigenvalue weighted by Gasteiger charge is -2.15. The molecule has 0 aliphatic heterocycles. The maximum absolute atomic E-state index is 12.7. The van der Waals surface area contributed by atoms with Gasteiger partial charge in [0.05, 0.1) is 38.4 Å². The third kappa shape index (κ3) is 5.38. The van der Waals surface area contributed by atoms with Crippen LogP contribution in [0.4, 0.5) is 0 Å². The Bertz CT molecular complexity index is 898. The van der Waals surface area contributed by atoms with Gasteiger partial charge in [-0.05, 0) is 36.8 Å². The van der Waals surface area contributed by atoms with Gasteiger partial charge in [-0.1, -0.05) is 6.07 Å². The molecule has 0 aromatic heterocycles. The van der Waals surface area contributed by atoms with Crippen molar-refractivity contribution in [3.63, 3.8) is 0 Å². The third-order valence-electron chi connectivity index (χ3n) is 3.76. The molecule has 0 aliphatic rings. The van der Waals surface area contributed by atoms with Gasteiger partial charge in [0.1, 0.15) is 0 Å². The van der Waals surface area contributed by atoms with Gasteiger partial charge in [0.15, 0.2) is 23.0 Å². The number of methoxy groups -OCH3 is 3. The van der Waals surface area contributed by atoms with E-state index in [2.05, 4.69) is 0 Å². The van der Waals surface area contributed by atoms with Crippen molar-refractivity contribution in [2.75, 3.05) is 27.9 Å². The fourth-order valence-electron chi connectivity index (χ4n) is 2.49. The van der Waals surface area contributed by atoms with E-state index in [1.807, 2.05) is 0 Å². The normalized spacial score (nSPS) is 10.5. The second-order valence-electron chi connectivity index (χ2n) is 5.54. The van der Waals surface area contributed by atoms with Gasteiger partial charge in [-0.25, -0.2) is 4.79 Å². The molecule has 0 saturated heterocycles. The van der Waals surface area contributed by atoms with Crippen LogP contribution in [0.25, 0.3) is 6.08 Å². The molecule has 9 nitrogen and oxygen atoms in total. The van der Waals surface area contributed by atoms with E-state index in [9.17, 15) is 14.9 Å². The van der Waals surface area contributed by atoms with Crippen LogP contribution >= 0.6 is 0 Å². The molecule has 2 aromatic carbocycles. The van der Waals surface area contributed by atoms with Gasteiger partial charge in [-0.2, -0.15) is 0 Å². The molecule has 0 saturated carbocycles. The lowest BCUT2D eigenvalue weighted by atomic mass is 10.1. The molecule has 0 amide bonds. The first-order valence-corrected chi connectivity index (χ1v) is 8.54. The van der Waals surface area contributed by atoms with E-state index in [0.29, 0.717) is 29.4 Å². The highest BCUT2D eigenvalue weighted by Crippen LogP contribution is 2.39. The first-order valence-electron chi connectivity index (χ1n) is 8.54. The summed E-state index contributed by atoms with van der Waals surface area (Å²) >= 11 is 0. The molecule has 2 rings (SSSR count). The van der Waals surface area contributed by atoms with Crippen molar-refractivity contribution in [3.8, 4) is 28.7 Å². The summed E-state index contributed by atoms with van der Waals surface area (Å²) < 4.78 is 26.7. The van der Waals surface area contributed by atoms with Gasteiger partial charge >= 0.3 is 5.97 Å². The molecule has 0 bridgehead atoms. The number of ether oxygens (including phenoxy) is 5. The van der Waals surface area contributed by atoms with Crippen LogP contribution in [0.2, 0.25) is 0 Å². The fourth-order valence-corrected chi connectivity index (χ4v) is 2.49. The number of benzene rings is 2. The monoisotopic (exact) mass is 403 g/mol. The Morgan fingerprint density at radius 3 is 2.17 bits per heavy atom. The molecule has 0 heterocycles. The predicted molar refractivity (Wildman–Crippen MR) is 105 cm³/mol. The zero-order chi connectivity index (χ0) is 21.4. The van der Waals surface area contributed by atoms with E-state index in [1.165, 1.54) is 45.6 Å². The van der Waals surface area contributed by atoms with Gasteiger partial charge < -0.3 is 23.7 Å². The summed E-state index contributed by atoms with van der Waals surface area (Å²) in [5.74, 6) is 0.748. The zero-order valence-corrected chi connectivity index (χ0v) is 16.5. The third-order valence-corrected chi connectivity index (χ3v) is 3.76. The first-order chi connectivity index (χ1) is 13.9. The van der Waals surface area contributed by atoms with E-state index in [4.69, 9.17) is 23.7 Å². The van der Waals surface area contributed by atoms with Crippen molar-refractivity contribution in [1.29, 1.82) is 0 Å². The molecule has 0 fully saturated rings. The lowest BCUT2D eigenvalue weighted by Crippen LogP contribution is -2.11. The maximum Gasteiger partial charge on any atom is 0.343 e. The minimum atomic E-state index is -0.668. The molecule has 29 heavy (non-hydrogen) atoms. The topological polar surface area (TPSA) is 106 Å². The summed E-state index contributed by atoms with van der Waals surface area (Å²) in [7, 11) is 4.34. The Labute approximate surface area is 167 Å². The standard InChI is InChI=1S/C20H21NO8/c1-5-28-16-10-13(8-9-21(23)24)6-7-15(16)29-20(22)14-11-17(25-2)19(27-4)18(12-14)26-3/h6-12H,5H2,1-4H3. The fraction of sp³-hybridized carbons (Fsp3) is 0.250. The number of hydrogen-bond acceptors (Lipinski definition) is 8. The molecule has 9 heteroatoms. The molecule has 0 atom stereocenters. The predicted octanol–water partition coefficient (Wildman–Crippen LogP) is 3.58. The largest absolute Gasteiger partial charge is 0.493 e. The number of carbonyl (C=O) groups is 1. The molecule has 0 radical (unpaired) electrons. The Hall–Kier alpha value is -3.75. The van der Waals surface area contributed by atoms with E-state index in [-0.39, 0.29) is 17.1 Å². The van der Waals surface area contributed by atoms with Crippen molar-refractivity contribution < 1.29 is 33.4 Å². The van der Waals surface area contributed by atoms with E-state index < -0.39 is 10.9 Å². The number of rotatable bonds is 9. The number of hydrogen-bond donors (Lipinski definition) is 0. The van der Waals surface area contributed by atoms with E-state index >= 15 is 0 Å². The Morgan fingerprint density at radius 2 is 1.66 bits per heavy atom. The van der Waals surface area contributed by atoms with Gasteiger partial charge in [0, 0.05) is 6.08 Å². The van der Waals surface area contributed by atoms with Gasteiger partial charge in [-0.3, -0.25) is 10.1 Å². The number of nitrogens with zero attached hydrogens (tertiary/aromatic N) is 1. The minimum Gasteiger partial charge on any atom is -0.493 e. The molecule has 0 unspecified atom stereocenters. The summed E-state index contributed by atoms with van der Waals surface area (Å²) in [6.07, 6.45) is 2.12. The lowest BCUT2D eigenvalue weighted by molar-refractivity contribution is -0.400. The quantitative estimate of drug-likeness (QED) is 0.271. The maximum atomic E-state index is 12.7. The second-order valence-corrected chi connectivity index (χ2v) is 5.54. The van der Waals surface area contributed by atoms with Crippen LogP contribution < -0.4 is 23.7 Å². The van der Waals surface area contributed by atoms with Gasteiger partial charge in [0.25, 0.3) is 0 Å². The molecule has 0 spiro atoms. The van der Waals surface area contributed by atoms with Crippen molar-refractivity contribution in [2.24, 2.45) is 0 Å². The minimum absolute atomic E-state index is 0.170. The van der Waals surface area contributed by atoms with Crippen LogP contribution in [0, 0.1) is 10.1 Å². The molecule has 0 N–H and O–H groups in total. The van der Waals surface area contributed by atoms with Crippen LogP contribution in [-0.2, 0) is 0 Å². The average molecular weight is 403 g/mol. The van der Waals surface area contributed by atoms with Crippen LogP contribution in [0.3, 0.4) is 0 Å². The van der Waals surface area contributed by atoms with E-state index in [1.54, 1.807) is 19.1 Å². The van der Waals surface area contributed by atoms with Crippen LogP contribution in [0.5, 0.6) is 28.7 Å². The Kier molecular flexibility index (Phi) is 7.41. The second kappa shape index (κ2) is 9.98. The highest BCUT2D eigenvalue weighted by Gasteiger charge is 2.19. The summed E-state index contributed by atoms with van der Waals surface area (Å²) in [6, 6.07) is 7.55.